The lowest BCUT2D eigenvalue weighted by Gasteiger charge is -2.36. The summed E-state index contributed by atoms with van der Waals surface area (Å²) < 4.78 is 23.6. The summed E-state index contributed by atoms with van der Waals surface area (Å²) in [6.07, 6.45) is 92.2. The molecule has 0 aliphatic carbocycles. The smallest absolute Gasteiger partial charge is 0.305 e. The number of carbonyl (C=O) groups is 3. The number of nitrogens with zero attached hydrogens (tertiary/aromatic N) is 2. The second kappa shape index (κ2) is 77.1. The van der Waals surface area contributed by atoms with E-state index in [1.165, 1.54) is 212 Å². The van der Waals surface area contributed by atoms with Gasteiger partial charge in [-0.15, -0.1) is 0 Å². The highest BCUT2D eigenvalue weighted by atomic mass is 28.4. The largest absolute Gasteiger partial charge is 0.466 e. The van der Waals surface area contributed by atoms with Crippen molar-refractivity contribution in [1.29, 1.82) is 0 Å². The molecule has 0 atom stereocenters. The maximum atomic E-state index is 12.6. The second-order valence-corrected chi connectivity index (χ2v) is 35.8. The summed E-state index contributed by atoms with van der Waals surface area (Å²) in [5, 5.41) is 0.211. The van der Waals surface area contributed by atoms with Gasteiger partial charge < -0.3 is 28.4 Å². The van der Waals surface area contributed by atoms with Crippen LogP contribution in [-0.4, -0.2) is 102 Å². The van der Waals surface area contributed by atoms with Crippen molar-refractivity contribution >= 4 is 26.2 Å². The third-order valence-electron chi connectivity index (χ3n) is 20.2. The number of carbonyl (C=O) groups excluding carboxylic acids is 3. The lowest BCUT2D eigenvalue weighted by Crippen LogP contribution is -2.41. The predicted molar refractivity (Wildman–Crippen MR) is 439 cm³/mol. The molecule has 9 nitrogen and oxygen atoms in total. The average Bonchev–Trinajstić information content (AvgIpc) is 0.852. The number of hydrogen-bond acceptors (Lipinski definition) is 9. The van der Waals surface area contributed by atoms with Gasteiger partial charge in [0.2, 0.25) is 0 Å². The van der Waals surface area contributed by atoms with Crippen LogP contribution in [0.1, 0.15) is 401 Å². The van der Waals surface area contributed by atoms with Crippen molar-refractivity contribution in [3.05, 3.63) is 72.9 Å². The molecule has 0 aromatic rings. The summed E-state index contributed by atoms with van der Waals surface area (Å²) in [4.78, 5) is 43.2. The molecule has 0 radical (unpaired) electrons. The van der Waals surface area contributed by atoms with E-state index in [9.17, 15) is 14.4 Å². The summed E-state index contributed by atoms with van der Waals surface area (Å²) in [7, 11) is -1.80. The Labute approximate surface area is 623 Å². The van der Waals surface area contributed by atoms with Crippen LogP contribution in [0.15, 0.2) is 72.9 Å². The number of allylic oxidation sites excluding steroid dienone is 12. The van der Waals surface area contributed by atoms with Gasteiger partial charge in [0.05, 0.1) is 19.8 Å². The van der Waals surface area contributed by atoms with Crippen LogP contribution in [0.5, 0.6) is 0 Å². The molecule has 584 valence electrons. The Morgan fingerprint density at radius 3 is 0.780 bits per heavy atom. The van der Waals surface area contributed by atoms with Crippen molar-refractivity contribution in [1.82, 2.24) is 9.80 Å². The van der Waals surface area contributed by atoms with Gasteiger partial charge in [0.15, 0.2) is 8.32 Å². The van der Waals surface area contributed by atoms with E-state index in [1.807, 2.05) is 0 Å². The van der Waals surface area contributed by atoms with Crippen molar-refractivity contribution in [3.8, 4) is 0 Å². The molecule has 0 N–H and O–H groups in total. The maximum Gasteiger partial charge on any atom is 0.305 e. The van der Waals surface area contributed by atoms with Crippen LogP contribution in [0.25, 0.3) is 0 Å². The number of ether oxygens (including phenoxy) is 3. The Balaban J connectivity index is 4.95. The molecule has 0 spiro atoms. The first-order valence-electron chi connectivity index (χ1n) is 43.3. The first kappa shape index (κ1) is 96.9. The quantitative estimate of drug-likeness (QED) is 0.0194. The van der Waals surface area contributed by atoms with Crippen LogP contribution in [0, 0.1) is 0 Å². The van der Waals surface area contributed by atoms with Gasteiger partial charge in [0, 0.05) is 32.4 Å². The van der Waals surface area contributed by atoms with E-state index < -0.39 is 8.32 Å². The van der Waals surface area contributed by atoms with Crippen LogP contribution in [0.4, 0.5) is 0 Å². The van der Waals surface area contributed by atoms with E-state index in [1.54, 1.807) is 0 Å². The molecule has 0 aromatic heterocycles. The molecule has 0 aliphatic rings. The van der Waals surface area contributed by atoms with Crippen LogP contribution in [0.3, 0.4) is 0 Å². The Morgan fingerprint density at radius 1 is 0.270 bits per heavy atom. The van der Waals surface area contributed by atoms with Crippen LogP contribution >= 0.6 is 0 Å². The highest BCUT2D eigenvalue weighted by Gasteiger charge is 2.37. The van der Waals surface area contributed by atoms with Gasteiger partial charge in [0.25, 0.3) is 0 Å². The minimum absolute atomic E-state index is 0.0206. The van der Waals surface area contributed by atoms with E-state index in [-0.39, 0.29) is 22.9 Å². The maximum absolute atomic E-state index is 12.6. The lowest BCUT2D eigenvalue weighted by atomic mass is 10.1. The molecule has 0 aliphatic heterocycles. The van der Waals surface area contributed by atoms with Crippen molar-refractivity contribution in [2.24, 2.45) is 0 Å². The van der Waals surface area contributed by atoms with Gasteiger partial charge in [-0.1, -0.05) is 288 Å². The van der Waals surface area contributed by atoms with E-state index in [2.05, 4.69) is 137 Å². The highest BCUT2D eigenvalue weighted by molar-refractivity contribution is 6.74. The normalized spacial score (nSPS) is 12.5. The van der Waals surface area contributed by atoms with E-state index >= 15 is 0 Å². The Morgan fingerprint density at radius 2 is 0.500 bits per heavy atom. The van der Waals surface area contributed by atoms with Crippen LogP contribution in [-0.2, 0) is 33.0 Å². The highest BCUT2D eigenvalue weighted by Crippen LogP contribution is 2.36. The van der Waals surface area contributed by atoms with E-state index in [4.69, 9.17) is 18.6 Å². The average molecular weight is 1420 g/mol. The molecule has 100 heavy (non-hydrogen) atoms. The van der Waals surface area contributed by atoms with Gasteiger partial charge >= 0.3 is 17.9 Å². The molecule has 0 heterocycles. The zero-order valence-corrected chi connectivity index (χ0v) is 68.8. The first-order valence-corrected chi connectivity index (χ1v) is 46.2. The molecule has 0 aromatic carbocycles. The fraction of sp³-hybridized carbons (Fsp3) is 0.833. The molecule has 0 fully saturated rings. The molecule has 0 rings (SSSR count). The number of hydrogen-bond donors (Lipinski definition) is 0. The lowest BCUT2D eigenvalue weighted by molar-refractivity contribution is -0.144. The zero-order valence-electron chi connectivity index (χ0n) is 67.8. The summed E-state index contributed by atoms with van der Waals surface area (Å²) in [5.41, 5.74) is 0. The van der Waals surface area contributed by atoms with Crippen LogP contribution in [0.2, 0.25) is 18.1 Å². The standard InChI is InChI=1S/C90H168N2O7Si/c1-9-12-15-18-21-24-27-30-33-36-39-42-45-48-60-69-83-96-87(93)74-63-54-51-57-66-77-91(78-67-58-52-55-64-75-88(94)97-84-70-61-49-46-43-40-37-34-31-28-25-22-19-16-13-10-2)80-72-81-92(82-73-86-99-100(7,8)90(4,5)6)79-68-59-53-56-65-76-89(95)98-85-71-62-50-47-44-41-38-35-32-29-26-23-20-17-14-11-3/h21-26,30-35H,9-20,27-29,36-86H2,1-8H3/b24-21-,25-22-,26-23-,33-30-,34-31-,35-32-. The Hall–Kier alpha value is -3.05. The molecule has 10 heteroatoms. The summed E-state index contributed by atoms with van der Waals surface area (Å²) in [6, 6.07) is 0. The van der Waals surface area contributed by atoms with Crippen molar-refractivity contribution in [2.75, 3.05) is 65.7 Å². The number of rotatable bonds is 78. The zero-order chi connectivity index (χ0) is 72.9. The van der Waals surface area contributed by atoms with Gasteiger partial charge in [-0.2, -0.15) is 0 Å². The second-order valence-electron chi connectivity index (χ2n) is 31.0. The minimum Gasteiger partial charge on any atom is -0.466 e. The van der Waals surface area contributed by atoms with E-state index in [0.717, 1.165) is 174 Å². The van der Waals surface area contributed by atoms with Gasteiger partial charge in [-0.05, 0) is 218 Å². The Kier molecular flexibility index (Phi) is 74.7. The third kappa shape index (κ3) is 73.3. The van der Waals surface area contributed by atoms with Crippen molar-refractivity contribution in [3.63, 3.8) is 0 Å². The number of esters is 3. The van der Waals surface area contributed by atoms with Gasteiger partial charge in [-0.3, -0.25) is 14.4 Å². The molecule has 0 unspecified atom stereocenters. The summed E-state index contributed by atoms with van der Waals surface area (Å²) in [6.45, 7) is 27.7. The monoisotopic (exact) mass is 1420 g/mol. The third-order valence-corrected chi connectivity index (χ3v) is 24.8. The SMILES string of the molecule is CCCCC/C=C\C/C=C\CCCCCCCCOC(=O)CCCCCCCN(CCCCCCCC(=O)OCCCCCCCC/C=C\C/C=C\CCCCC)CCCN(CCCCCCCC(=O)OCCCCCCCC/C=C\C/C=C\CCCCC)CCCO[Si](C)(C)C(C)(C)C. The fourth-order valence-corrected chi connectivity index (χ4v) is 13.6. The fourth-order valence-electron chi connectivity index (χ4n) is 12.5. The summed E-state index contributed by atoms with van der Waals surface area (Å²) >= 11 is 0. The van der Waals surface area contributed by atoms with Crippen molar-refractivity contribution < 1.29 is 33.0 Å². The molecule has 0 amide bonds. The molecular formula is C90H168N2O7Si. The molecular weight excluding hydrogens is 1250 g/mol. The van der Waals surface area contributed by atoms with E-state index in [0.29, 0.717) is 39.1 Å². The first-order chi connectivity index (χ1) is 48.9. The molecule has 0 saturated carbocycles. The predicted octanol–water partition coefficient (Wildman–Crippen LogP) is 27.5. The van der Waals surface area contributed by atoms with Crippen molar-refractivity contribution in [2.45, 2.75) is 419 Å². The Bertz CT molecular complexity index is 1860. The topological polar surface area (TPSA) is 94.6 Å². The summed E-state index contributed by atoms with van der Waals surface area (Å²) in [5.74, 6) is -0.0640. The van der Waals surface area contributed by atoms with Crippen LogP contribution < -0.4 is 0 Å². The molecule has 0 saturated heterocycles. The van der Waals surface area contributed by atoms with Gasteiger partial charge in [0.1, 0.15) is 0 Å². The molecule has 0 bridgehead atoms. The van der Waals surface area contributed by atoms with Gasteiger partial charge in [-0.25, -0.2) is 0 Å². The minimum atomic E-state index is -1.80. The number of unbranched alkanes of at least 4 members (excludes halogenated alkanes) is 39.